The van der Waals surface area contributed by atoms with Crippen molar-refractivity contribution in [2.24, 2.45) is 5.92 Å². The molecular weight excluding hydrogens is 307 g/mol. The quantitative estimate of drug-likeness (QED) is 0.799. The molecule has 0 radical (unpaired) electrons. The van der Waals surface area contributed by atoms with Crippen LogP contribution in [0.1, 0.15) is 24.1 Å². The Morgan fingerprint density at radius 3 is 3.00 bits per heavy atom. The van der Waals surface area contributed by atoms with Gasteiger partial charge in [0, 0.05) is 43.9 Å². The molecular formula is C18H23FN4O. The van der Waals surface area contributed by atoms with E-state index in [1.54, 1.807) is 12.1 Å². The Balaban J connectivity index is 1.39. The summed E-state index contributed by atoms with van der Waals surface area (Å²) in [6.45, 7) is 1.46. The fraction of sp³-hybridized carbons (Fsp3) is 0.444. The second kappa shape index (κ2) is 7.47. The Labute approximate surface area is 141 Å². The number of nitrogens with zero attached hydrogens (tertiary/aromatic N) is 2. The minimum absolute atomic E-state index is 0.0350. The van der Waals surface area contributed by atoms with Crippen LogP contribution in [-0.2, 0) is 17.6 Å². The zero-order chi connectivity index (χ0) is 16.9. The van der Waals surface area contributed by atoms with Crippen LogP contribution in [0.15, 0.2) is 30.5 Å². The van der Waals surface area contributed by atoms with Crippen molar-refractivity contribution in [3.63, 3.8) is 0 Å². The van der Waals surface area contributed by atoms with Gasteiger partial charge >= 0.3 is 0 Å². The van der Waals surface area contributed by atoms with Gasteiger partial charge < -0.3 is 10.2 Å². The first-order chi connectivity index (χ1) is 11.6. The predicted molar refractivity (Wildman–Crippen MR) is 91.4 cm³/mol. The Hall–Kier alpha value is -2.37. The van der Waals surface area contributed by atoms with Gasteiger partial charge in [0.05, 0.1) is 6.20 Å². The second-order valence-electron chi connectivity index (χ2n) is 6.36. The maximum atomic E-state index is 12.9. The van der Waals surface area contributed by atoms with E-state index < -0.39 is 0 Å². The number of fused-ring (bicyclic) bond motifs is 1. The van der Waals surface area contributed by atoms with Crippen LogP contribution in [0.4, 0.5) is 10.1 Å². The highest BCUT2D eigenvalue weighted by molar-refractivity contribution is 5.79. The van der Waals surface area contributed by atoms with Crippen molar-refractivity contribution in [3.05, 3.63) is 47.5 Å². The van der Waals surface area contributed by atoms with Crippen LogP contribution in [0.3, 0.4) is 0 Å². The van der Waals surface area contributed by atoms with Crippen LogP contribution in [0.25, 0.3) is 0 Å². The fourth-order valence-corrected chi connectivity index (χ4v) is 3.13. The van der Waals surface area contributed by atoms with Crippen LogP contribution in [0.2, 0.25) is 0 Å². The zero-order valence-electron chi connectivity index (χ0n) is 13.9. The number of aryl methyl sites for hydroxylation is 1. The van der Waals surface area contributed by atoms with E-state index in [4.69, 9.17) is 0 Å². The van der Waals surface area contributed by atoms with Crippen molar-refractivity contribution in [2.75, 3.05) is 25.0 Å². The van der Waals surface area contributed by atoms with E-state index >= 15 is 0 Å². The number of benzene rings is 1. The standard InChI is InChI=1S/C18H23FN4O/c1-23(16-7-5-15(19)6-8-16)10-2-9-20-18(24)13-3-4-14-12-21-22-17(14)11-13/h5-8,12-13H,2-4,9-11H2,1H3,(H,20,24)(H,21,22)/t13-/m0/s1. The molecule has 0 bridgehead atoms. The molecule has 0 saturated carbocycles. The van der Waals surface area contributed by atoms with Crippen LogP contribution >= 0.6 is 0 Å². The van der Waals surface area contributed by atoms with Crippen molar-refractivity contribution in [3.8, 4) is 0 Å². The Bertz CT molecular complexity index is 683. The molecule has 0 spiro atoms. The minimum Gasteiger partial charge on any atom is -0.375 e. The number of carbonyl (C=O) groups excluding carboxylic acids is 1. The molecule has 1 heterocycles. The highest BCUT2D eigenvalue weighted by Gasteiger charge is 2.25. The molecule has 1 aromatic carbocycles. The van der Waals surface area contributed by atoms with Gasteiger partial charge in [-0.3, -0.25) is 9.89 Å². The zero-order valence-corrected chi connectivity index (χ0v) is 13.9. The van der Waals surface area contributed by atoms with E-state index in [2.05, 4.69) is 20.4 Å². The van der Waals surface area contributed by atoms with Crippen molar-refractivity contribution < 1.29 is 9.18 Å². The van der Waals surface area contributed by atoms with Gasteiger partial charge in [0.25, 0.3) is 0 Å². The van der Waals surface area contributed by atoms with Crippen molar-refractivity contribution in [1.82, 2.24) is 15.5 Å². The third kappa shape index (κ3) is 3.93. The van der Waals surface area contributed by atoms with Gasteiger partial charge in [-0.15, -0.1) is 0 Å². The third-order valence-corrected chi connectivity index (χ3v) is 4.63. The molecule has 1 atom stereocenters. The first-order valence-electron chi connectivity index (χ1n) is 8.39. The molecule has 24 heavy (non-hydrogen) atoms. The van der Waals surface area contributed by atoms with Crippen LogP contribution in [0.5, 0.6) is 0 Å². The summed E-state index contributed by atoms with van der Waals surface area (Å²) >= 11 is 0. The van der Waals surface area contributed by atoms with E-state index in [0.717, 1.165) is 43.6 Å². The first kappa shape index (κ1) is 16.5. The summed E-state index contributed by atoms with van der Waals surface area (Å²) in [5, 5.41) is 10.1. The van der Waals surface area contributed by atoms with Gasteiger partial charge in [-0.2, -0.15) is 5.10 Å². The predicted octanol–water partition coefficient (Wildman–Crippen LogP) is 2.30. The van der Waals surface area contributed by atoms with E-state index in [-0.39, 0.29) is 17.6 Å². The molecule has 1 aliphatic carbocycles. The summed E-state index contributed by atoms with van der Waals surface area (Å²) in [5.41, 5.74) is 3.30. The first-order valence-corrected chi connectivity index (χ1v) is 8.39. The second-order valence-corrected chi connectivity index (χ2v) is 6.36. The minimum atomic E-state index is -0.229. The van der Waals surface area contributed by atoms with Crippen LogP contribution in [0, 0.1) is 11.7 Å². The molecule has 3 rings (SSSR count). The molecule has 6 heteroatoms. The summed E-state index contributed by atoms with van der Waals surface area (Å²) < 4.78 is 12.9. The highest BCUT2D eigenvalue weighted by Crippen LogP contribution is 2.23. The summed E-state index contributed by atoms with van der Waals surface area (Å²) in [6, 6.07) is 6.44. The number of nitrogens with one attached hydrogen (secondary N) is 2. The highest BCUT2D eigenvalue weighted by atomic mass is 19.1. The fourth-order valence-electron chi connectivity index (χ4n) is 3.13. The van der Waals surface area contributed by atoms with E-state index in [0.29, 0.717) is 6.54 Å². The van der Waals surface area contributed by atoms with Gasteiger partial charge in [0.2, 0.25) is 5.91 Å². The van der Waals surface area contributed by atoms with Gasteiger partial charge in [0.1, 0.15) is 5.82 Å². The number of anilines is 1. The number of aromatic nitrogens is 2. The van der Waals surface area contributed by atoms with E-state index in [1.807, 2.05) is 13.2 Å². The number of halogens is 1. The maximum absolute atomic E-state index is 12.9. The average molecular weight is 330 g/mol. The number of amides is 1. The summed E-state index contributed by atoms with van der Waals surface area (Å²) in [6.07, 6.45) is 5.25. The molecule has 128 valence electrons. The lowest BCUT2D eigenvalue weighted by Gasteiger charge is -2.22. The summed E-state index contributed by atoms with van der Waals surface area (Å²) in [5.74, 6) is -0.0696. The molecule has 0 saturated heterocycles. The lowest BCUT2D eigenvalue weighted by Crippen LogP contribution is -2.35. The van der Waals surface area contributed by atoms with Gasteiger partial charge in [-0.1, -0.05) is 0 Å². The monoisotopic (exact) mass is 330 g/mol. The molecule has 1 aliphatic rings. The summed E-state index contributed by atoms with van der Waals surface area (Å²) in [7, 11) is 1.97. The summed E-state index contributed by atoms with van der Waals surface area (Å²) in [4.78, 5) is 14.3. The smallest absolute Gasteiger partial charge is 0.223 e. The molecule has 1 amide bonds. The molecule has 0 unspecified atom stereocenters. The number of hydrogen-bond acceptors (Lipinski definition) is 3. The number of hydrogen-bond donors (Lipinski definition) is 2. The topological polar surface area (TPSA) is 61.0 Å². The van der Waals surface area contributed by atoms with Gasteiger partial charge in [0.15, 0.2) is 0 Å². The lowest BCUT2D eigenvalue weighted by molar-refractivity contribution is -0.125. The molecule has 0 fully saturated rings. The number of H-pyrrole nitrogens is 1. The Kier molecular flexibility index (Phi) is 5.13. The largest absolute Gasteiger partial charge is 0.375 e. The third-order valence-electron chi connectivity index (χ3n) is 4.63. The number of carbonyl (C=O) groups is 1. The molecule has 5 nitrogen and oxygen atoms in total. The average Bonchev–Trinajstić information content (AvgIpc) is 3.06. The normalized spacial score (nSPS) is 16.5. The molecule has 2 aromatic rings. The number of aromatic amines is 1. The maximum Gasteiger partial charge on any atom is 0.223 e. The van der Waals surface area contributed by atoms with E-state index in [9.17, 15) is 9.18 Å². The van der Waals surface area contributed by atoms with Crippen molar-refractivity contribution >= 4 is 11.6 Å². The van der Waals surface area contributed by atoms with E-state index in [1.165, 1.54) is 17.7 Å². The van der Waals surface area contributed by atoms with Crippen molar-refractivity contribution in [2.45, 2.75) is 25.7 Å². The Morgan fingerprint density at radius 2 is 2.21 bits per heavy atom. The Morgan fingerprint density at radius 1 is 1.42 bits per heavy atom. The lowest BCUT2D eigenvalue weighted by atomic mass is 9.87. The van der Waals surface area contributed by atoms with Crippen molar-refractivity contribution in [1.29, 1.82) is 0 Å². The molecule has 2 N–H and O–H groups in total. The van der Waals surface area contributed by atoms with Crippen LogP contribution < -0.4 is 10.2 Å². The number of rotatable bonds is 6. The molecule has 0 aliphatic heterocycles. The molecule has 1 aromatic heterocycles. The van der Waals surface area contributed by atoms with Crippen LogP contribution in [-0.4, -0.2) is 36.2 Å². The van der Waals surface area contributed by atoms with Gasteiger partial charge in [-0.05, 0) is 49.1 Å². The SMILES string of the molecule is CN(CCCNC(=O)[C@H]1CCc2cn[nH]c2C1)c1ccc(F)cc1. The van der Waals surface area contributed by atoms with Gasteiger partial charge in [-0.25, -0.2) is 4.39 Å².